The van der Waals surface area contributed by atoms with Crippen molar-refractivity contribution in [3.05, 3.63) is 92.6 Å². The molecule has 0 aliphatic carbocycles. The first-order valence-electron chi connectivity index (χ1n) is 8.61. The second kappa shape index (κ2) is 7.20. The molecule has 0 saturated carbocycles. The number of fused-ring (bicyclic) bond motifs is 1. The van der Waals surface area contributed by atoms with Crippen LogP contribution in [-0.4, -0.2) is 17.7 Å². The van der Waals surface area contributed by atoms with Crippen molar-refractivity contribution < 1.29 is 14.4 Å². The van der Waals surface area contributed by atoms with Gasteiger partial charge in [-0.1, -0.05) is 18.2 Å². The van der Waals surface area contributed by atoms with Crippen LogP contribution >= 0.6 is 22.6 Å². The number of carbonyl (C=O) groups excluding carboxylic acids is 3. The van der Waals surface area contributed by atoms with Crippen molar-refractivity contribution in [1.82, 2.24) is 0 Å². The number of carbonyl (C=O) groups is 3. The lowest BCUT2D eigenvalue weighted by atomic mass is 10.1. The fourth-order valence-electron chi connectivity index (χ4n) is 3.17. The Morgan fingerprint density at radius 1 is 0.893 bits per heavy atom. The number of hydrogen-bond donors (Lipinski definition) is 1. The van der Waals surface area contributed by atoms with E-state index >= 15 is 0 Å². The molecule has 0 fully saturated rings. The fraction of sp³-hybridized carbons (Fsp3) is 0.0455. The van der Waals surface area contributed by atoms with Crippen LogP contribution in [0.25, 0.3) is 0 Å². The van der Waals surface area contributed by atoms with Gasteiger partial charge in [-0.3, -0.25) is 14.4 Å². The van der Waals surface area contributed by atoms with E-state index in [4.69, 9.17) is 0 Å². The summed E-state index contributed by atoms with van der Waals surface area (Å²) in [4.78, 5) is 39.1. The number of amides is 3. The van der Waals surface area contributed by atoms with Gasteiger partial charge in [0.15, 0.2) is 0 Å². The largest absolute Gasteiger partial charge is 0.322 e. The maximum absolute atomic E-state index is 12.7. The summed E-state index contributed by atoms with van der Waals surface area (Å²) in [6.45, 7) is 1.92. The molecule has 0 atom stereocenters. The fourth-order valence-corrected chi connectivity index (χ4v) is 3.82. The number of nitrogens with zero attached hydrogens (tertiary/aromatic N) is 1. The van der Waals surface area contributed by atoms with Gasteiger partial charge in [0.1, 0.15) is 0 Å². The Morgan fingerprint density at radius 2 is 1.57 bits per heavy atom. The molecule has 4 rings (SSSR count). The average Bonchev–Trinajstić information content (AvgIpc) is 2.95. The summed E-state index contributed by atoms with van der Waals surface area (Å²) >= 11 is 2.22. The summed E-state index contributed by atoms with van der Waals surface area (Å²) in [6, 6.07) is 19.0. The van der Waals surface area contributed by atoms with Crippen LogP contribution in [0.2, 0.25) is 0 Å². The van der Waals surface area contributed by atoms with Gasteiger partial charge < -0.3 is 5.32 Å². The summed E-state index contributed by atoms with van der Waals surface area (Å²) in [7, 11) is 0. The van der Waals surface area contributed by atoms with Crippen LogP contribution in [0.4, 0.5) is 11.4 Å². The SMILES string of the molecule is Cc1cc(I)ccc1NC(=O)c1cccc(N2C(=O)c3ccccc3C2=O)c1. The minimum absolute atomic E-state index is 0.303. The first kappa shape index (κ1) is 18.4. The molecule has 3 amide bonds. The highest BCUT2D eigenvalue weighted by molar-refractivity contribution is 14.1. The molecular formula is C22H15IN2O3. The van der Waals surface area contributed by atoms with Crippen LogP contribution in [0.1, 0.15) is 36.6 Å². The molecule has 138 valence electrons. The van der Waals surface area contributed by atoms with Gasteiger partial charge in [-0.15, -0.1) is 0 Å². The van der Waals surface area contributed by atoms with E-state index in [9.17, 15) is 14.4 Å². The number of anilines is 2. The summed E-state index contributed by atoms with van der Waals surface area (Å²) in [5.74, 6) is -1.07. The van der Waals surface area contributed by atoms with E-state index in [1.165, 1.54) is 0 Å². The van der Waals surface area contributed by atoms with E-state index in [2.05, 4.69) is 27.9 Å². The molecule has 3 aromatic rings. The van der Waals surface area contributed by atoms with Gasteiger partial charge in [-0.05, 0) is 83.6 Å². The molecule has 0 saturated heterocycles. The number of halogens is 1. The molecule has 0 aromatic heterocycles. The van der Waals surface area contributed by atoms with Crippen molar-refractivity contribution in [2.45, 2.75) is 6.92 Å². The van der Waals surface area contributed by atoms with Crippen molar-refractivity contribution in [3.63, 3.8) is 0 Å². The maximum atomic E-state index is 12.7. The minimum atomic E-state index is -0.383. The monoisotopic (exact) mass is 482 g/mol. The Bertz CT molecular complexity index is 1110. The van der Waals surface area contributed by atoms with Crippen molar-refractivity contribution >= 4 is 51.7 Å². The topological polar surface area (TPSA) is 66.5 Å². The molecule has 1 aliphatic rings. The lowest BCUT2D eigenvalue weighted by Gasteiger charge is -2.15. The molecule has 6 heteroatoms. The third-order valence-corrected chi connectivity index (χ3v) is 5.27. The highest BCUT2D eigenvalue weighted by Gasteiger charge is 2.36. The number of hydrogen-bond acceptors (Lipinski definition) is 3. The third-order valence-electron chi connectivity index (χ3n) is 4.60. The first-order valence-corrected chi connectivity index (χ1v) is 9.69. The van der Waals surface area contributed by atoms with Crippen LogP contribution in [0.15, 0.2) is 66.7 Å². The normalized spacial score (nSPS) is 12.9. The van der Waals surface area contributed by atoms with Gasteiger partial charge in [0.2, 0.25) is 0 Å². The number of nitrogens with one attached hydrogen (secondary N) is 1. The van der Waals surface area contributed by atoms with Crippen LogP contribution < -0.4 is 10.2 Å². The van der Waals surface area contributed by atoms with E-state index in [1.54, 1.807) is 48.5 Å². The zero-order valence-electron chi connectivity index (χ0n) is 14.9. The standard InChI is InChI=1S/C22H15IN2O3/c1-13-11-15(23)9-10-19(13)24-20(26)14-5-4-6-16(12-14)25-21(27)17-7-2-3-8-18(17)22(25)28/h2-12H,1H3,(H,24,26). The quantitative estimate of drug-likeness (QED) is 0.437. The summed E-state index contributed by atoms with van der Waals surface area (Å²) in [5.41, 5.74) is 3.16. The van der Waals surface area contributed by atoms with Crippen LogP contribution in [0, 0.1) is 10.5 Å². The molecule has 0 unspecified atom stereocenters. The van der Waals surface area contributed by atoms with Crippen molar-refractivity contribution in [3.8, 4) is 0 Å². The Hall–Kier alpha value is -3.00. The van der Waals surface area contributed by atoms with Crippen LogP contribution in [0.5, 0.6) is 0 Å². The smallest absolute Gasteiger partial charge is 0.266 e. The van der Waals surface area contributed by atoms with Gasteiger partial charge in [0, 0.05) is 14.8 Å². The predicted molar refractivity (Wildman–Crippen MR) is 116 cm³/mol. The van der Waals surface area contributed by atoms with Crippen molar-refractivity contribution in [1.29, 1.82) is 0 Å². The van der Waals surface area contributed by atoms with Crippen molar-refractivity contribution in [2.75, 3.05) is 10.2 Å². The molecule has 5 nitrogen and oxygen atoms in total. The molecule has 3 aromatic carbocycles. The molecular weight excluding hydrogens is 467 g/mol. The third kappa shape index (κ3) is 3.20. The Labute approximate surface area is 175 Å². The molecule has 28 heavy (non-hydrogen) atoms. The number of rotatable bonds is 3. The second-order valence-corrected chi connectivity index (χ2v) is 7.70. The lowest BCUT2D eigenvalue weighted by molar-refractivity contribution is 0.0924. The summed E-state index contributed by atoms with van der Waals surface area (Å²) in [5, 5.41) is 2.88. The zero-order valence-corrected chi connectivity index (χ0v) is 17.1. The number of aryl methyl sites for hydroxylation is 1. The second-order valence-electron chi connectivity index (χ2n) is 6.45. The van der Waals surface area contributed by atoms with Gasteiger partial charge in [0.05, 0.1) is 16.8 Å². The van der Waals surface area contributed by atoms with E-state index in [-0.39, 0.29) is 17.7 Å². The lowest BCUT2D eigenvalue weighted by Crippen LogP contribution is -2.29. The van der Waals surface area contributed by atoms with E-state index in [1.807, 2.05) is 25.1 Å². The van der Waals surface area contributed by atoms with Crippen LogP contribution in [-0.2, 0) is 0 Å². The molecule has 0 spiro atoms. The maximum Gasteiger partial charge on any atom is 0.266 e. The highest BCUT2D eigenvalue weighted by Crippen LogP contribution is 2.29. The van der Waals surface area contributed by atoms with Gasteiger partial charge >= 0.3 is 0 Å². The van der Waals surface area contributed by atoms with Crippen LogP contribution in [0.3, 0.4) is 0 Å². The van der Waals surface area contributed by atoms with E-state index in [0.717, 1.165) is 19.7 Å². The Balaban J connectivity index is 1.63. The van der Waals surface area contributed by atoms with Gasteiger partial charge in [-0.25, -0.2) is 4.90 Å². The summed E-state index contributed by atoms with van der Waals surface area (Å²) < 4.78 is 1.08. The number of benzene rings is 3. The molecule has 1 aliphatic heterocycles. The Morgan fingerprint density at radius 3 is 2.21 bits per heavy atom. The summed E-state index contributed by atoms with van der Waals surface area (Å²) in [6.07, 6.45) is 0. The molecule has 1 N–H and O–H groups in total. The first-order chi connectivity index (χ1) is 13.5. The van der Waals surface area contributed by atoms with E-state index in [0.29, 0.717) is 22.4 Å². The number of imide groups is 1. The molecule has 0 bridgehead atoms. The Kier molecular flexibility index (Phi) is 4.72. The zero-order chi connectivity index (χ0) is 19.8. The van der Waals surface area contributed by atoms with Gasteiger partial charge in [-0.2, -0.15) is 0 Å². The van der Waals surface area contributed by atoms with Crippen molar-refractivity contribution in [2.24, 2.45) is 0 Å². The average molecular weight is 482 g/mol. The molecule has 1 heterocycles. The van der Waals surface area contributed by atoms with Gasteiger partial charge in [0.25, 0.3) is 17.7 Å². The highest BCUT2D eigenvalue weighted by atomic mass is 127. The minimum Gasteiger partial charge on any atom is -0.322 e. The predicted octanol–water partition coefficient (Wildman–Crippen LogP) is 4.65. The molecule has 0 radical (unpaired) electrons. The van der Waals surface area contributed by atoms with E-state index < -0.39 is 0 Å².